The Balaban J connectivity index is 2.67. The number of ether oxygens (including phenoxy) is 1. The zero-order valence-electron chi connectivity index (χ0n) is 11.3. The van der Waals surface area contributed by atoms with Crippen LogP contribution in [0.2, 0.25) is 0 Å². The number of halogens is 3. The lowest BCUT2D eigenvalue weighted by Gasteiger charge is -2.12. The van der Waals surface area contributed by atoms with E-state index in [0.29, 0.717) is 17.9 Å². The molecule has 3 nitrogen and oxygen atoms in total. The Hall–Kier alpha value is -1.82. The Morgan fingerprint density at radius 2 is 1.95 bits per heavy atom. The van der Waals surface area contributed by atoms with Crippen LogP contribution >= 0.6 is 0 Å². The maximum atomic E-state index is 13.9. The molecule has 2 rings (SSSR count). The van der Waals surface area contributed by atoms with Crippen LogP contribution in [0.5, 0.6) is 0 Å². The quantitative estimate of drug-likeness (QED) is 0.851. The molecule has 6 heteroatoms. The van der Waals surface area contributed by atoms with E-state index in [2.05, 4.69) is 10.3 Å². The van der Waals surface area contributed by atoms with Crippen LogP contribution < -0.4 is 5.32 Å². The van der Waals surface area contributed by atoms with Gasteiger partial charge in [-0.2, -0.15) is 0 Å². The van der Waals surface area contributed by atoms with E-state index >= 15 is 0 Å². The zero-order valence-corrected chi connectivity index (χ0v) is 11.3. The van der Waals surface area contributed by atoms with Crippen molar-refractivity contribution in [1.82, 2.24) is 4.98 Å². The van der Waals surface area contributed by atoms with Gasteiger partial charge in [-0.1, -0.05) is 6.92 Å². The van der Waals surface area contributed by atoms with Gasteiger partial charge >= 0.3 is 0 Å². The number of anilines is 1. The van der Waals surface area contributed by atoms with Gasteiger partial charge in [0.25, 0.3) is 0 Å². The predicted octanol–water partition coefficient (Wildman–Crippen LogP) is 3.62. The third-order valence-electron chi connectivity index (χ3n) is 2.84. The van der Waals surface area contributed by atoms with Crippen molar-refractivity contribution >= 4 is 16.6 Å². The second-order valence-electron chi connectivity index (χ2n) is 4.40. The fourth-order valence-corrected chi connectivity index (χ4v) is 1.97. The SMILES string of the molecule is CCCNc1cc(COC)nc2cc(F)c(F)c(F)c12. The smallest absolute Gasteiger partial charge is 0.195 e. The first-order chi connectivity index (χ1) is 9.58. The van der Waals surface area contributed by atoms with Gasteiger partial charge in [-0.3, -0.25) is 0 Å². The number of hydrogen-bond acceptors (Lipinski definition) is 3. The summed E-state index contributed by atoms with van der Waals surface area (Å²) in [5, 5.41) is 2.95. The van der Waals surface area contributed by atoms with Gasteiger partial charge in [0.2, 0.25) is 0 Å². The molecule has 0 amide bonds. The fraction of sp³-hybridized carbons (Fsp3) is 0.357. The van der Waals surface area contributed by atoms with Crippen molar-refractivity contribution in [3.8, 4) is 0 Å². The first kappa shape index (κ1) is 14.6. The summed E-state index contributed by atoms with van der Waals surface area (Å²) in [5.74, 6) is -3.97. The minimum Gasteiger partial charge on any atom is -0.384 e. The lowest BCUT2D eigenvalue weighted by molar-refractivity contribution is 0.182. The number of pyridine rings is 1. The number of methoxy groups -OCH3 is 1. The van der Waals surface area contributed by atoms with Crippen LogP contribution in [-0.4, -0.2) is 18.6 Å². The standard InChI is InChI=1S/C14H15F3N2O/c1-3-4-18-10-5-8(7-20-2)19-11-6-9(15)13(16)14(17)12(10)11/h5-6H,3-4,7H2,1-2H3,(H,18,19). The van der Waals surface area contributed by atoms with Crippen LogP contribution in [0.15, 0.2) is 12.1 Å². The average Bonchev–Trinajstić information content (AvgIpc) is 2.42. The van der Waals surface area contributed by atoms with Gasteiger partial charge < -0.3 is 10.1 Å². The second kappa shape index (κ2) is 6.09. The molecule has 0 fully saturated rings. The van der Waals surface area contributed by atoms with Gasteiger partial charge in [0.1, 0.15) is 0 Å². The van der Waals surface area contributed by atoms with E-state index in [-0.39, 0.29) is 17.5 Å². The molecule has 0 unspecified atom stereocenters. The molecule has 0 radical (unpaired) electrons. The molecule has 1 N–H and O–H groups in total. The minimum atomic E-state index is -1.49. The Kier molecular flexibility index (Phi) is 4.44. The Morgan fingerprint density at radius 3 is 2.60 bits per heavy atom. The Morgan fingerprint density at radius 1 is 1.20 bits per heavy atom. The average molecular weight is 284 g/mol. The molecule has 0 aliphatic carbocycles. The van der Waals surface area contributed by atoms with Crippen LogP contribution in [0.1, 0.15) is 19.0 Å². The molecule has 2 aromatic rings. The van der Waals surface area contributed by atoms with Crippen molar-refractivity contribution in [2.75, 3.05) is 19.0 Å². The number of nitrogens with one attached hydrogen (secondary N) is 1. The van der Waals surface area contributed by atoms with Crippen LogP contribution in [0.3, 0.4) is 0 Å². The molecule has 20 heavy (non-hydrogen) atoms. The van der Waals surface area contributed by atoms with E-state index in [1.807, 2.05) is 6.92 Å². The van der Waals surface area contributed by atoms with Crippen molar-refractivity contribution in [3.63, 3.8) is 0 Å². The minimum absolute atomic E-state index is 0.0443. The third kappa shape index (κ3) is 2.70. The summed E-state index contributed by atoms with van der Waals surface area (Å²) in [6, 6.07) is 2.48. The van der Waals surface area contributed by atoms with Crippen LogP contribution in [0.25, 0.3) is 10.9 Å². The van der Waals surface area contributed by atoms with Crippen molar-refractivity contribution in [2.24, 2.45) is 0 Å². The molecule has 0 bridgehead atoms. The van der Waals surface area contributed by atoms with Gasteiger partial charge in [-0.05, 0) is 12.5 Å². The van der Waals surface area contributed by atoms with E-state index in [9.17, 15) is 13.2 Å². The van der Waals surface area contributed by atoms with E-state index in [4.69, 9.17) is 4.74 Å². The summed E-state index contributed by atoms with van der Waals surface area (Å²) >= 11 is 0. The van der Waals surface area contributed by atoms with Gasteiger partial charge in [-0.25, -0.2) is 18.2 Å². The van der Waals surface area contributed by atoms with E-state index in [1.165, 1.54) is 7.11 Å². The molecular formula is C14H15F3N2O. The van der Waals surface area contributed by atoms with Crippen LogP contribution in [0, 0.1) is 17.5 Å². The molecule has 0 aliphatic rings. The molecule has 0 spiro atoms. The zero-order chi connectivity index (χ0) is 14.7. The number of aromatic nitrogens is 1. The van der Waals surface area contributed by atoms with Gasteiger partial charge in [-0.15, -0.1) is 0 Å². The highest BCUT2D eigenvalue weighted by Gasteiger charge is 2.18. The molecule has 1 aromatic heterocycles. The van der Waals surface area contributed by atoms with Gasteiger partial charge in [0.15, 0.2) is 17.5 Å². The maximum absolute atomic E-state index is 13.9. The van der Waals surface area contributed by atoms with Crippen molar-refractivity contribution in [1.29, 1.82) is 0 Å². The molecule has 108 valence electrons. The molecule has 0 saturated carbocycles. The number of nitrogens with zero attached hydrogens (tertiary/aromatic N) is 1. The van der Waals surface area contributed by atoms with Crippen LogP contribution in [0.4, 0.5) is 18.9 Å². The summed E-state index contributed by atoms with van der Waals surface area (Å²) in [6.07, 6.45) is 0.814. The van der Waals surface area contributed by atoms with Crippen molar-refractivity contribution in [3.05, 3.63) is 35.3 Å². The summed E-state index contributed by atoms with van der Waals surface area (Å²) in [6.45, 7) is 2.74. The largest absolute Gasteiger partial charge is 0.384 e. The Bertz CT molecular complexity index is 632. The van der Waals surface area contributed by atoms with E-state index < -0.39 is 17.5 Å². The van der Waals surface area contributed by atoms with Crippen molar-refractivity contribution in [2.45, 2.75) is 20.0 Å². The molecule has 1 aromatic carbocycles. The summed E-state index contributed by atoms with van der Waals surface area (Å²) in [7, 11) is 1.50. The van der Waals surface area contributed by atoms with E-state index in [1.54, 1.807) is 6.07 Å². The fourth-order valence-electron chi connectivity index (χ4n) is 1.97. The van der Waals surface area contributed by atoms with Crippen LogP contribution in [-0.2, 0) is 11.3 Å². The Labute approximate surface area is 114 Å². The highest BCUT2D eigenvalue weighted by atomic mass is 19.2. The topological polar surface area (TPSA) is 34.1 Å². The molecule has 0 atom stereocenters. The summed E-state index contributed by atoms with van der Waals surface area (Å²) in [5.41, 5.74) is 0.971. The normalized spacial score (nSPS) is 11.1. The maximum Gasteiger partial charge on any atom is 0.195 e. The molecular weight excluding hydrogens is 269 g/mol. The lowest BCUT2D eigenvalue weighted by atomic mass is 10.1. The number of hydrogen-bond donors (Lipinski definition) is 1. The highest BCUT2D eigenvalue weighted by Crippen LogP contribution is 2.29. The predicted molar refractivity (Wildman–Crippen MR) is 71.1 cm³/mol. The van der Waals surface area contributed by atoms with E-state index in [0.717, 1.165) is 12.5 Å². The molecule has 0 aliphatic heterocycles. The first-order valence-corrected chi connectivity index (χ1v) is 6.28. The second-order valence-corrected chi connectivity index (χ2v) is 4.40. The lowest BCUT2D eigenvalue weighted by Crippen LogP contribution is -2.06. The van der Waals surface area contributed by atoms with Gasteiger partial charge in [0, 0.05) is 25.4 Å². The molecule has 0 saturated heterocycles. The van der Waals surface area contributed by atoms with Crippen molar-refractivity contribution < 1.29 is 17.9 Å². The molecule has 1 heterocycles. The number of benzene rings is 1. The summed E-state index contributed by atoms with van der Waals surface area (Å²) < 4.78 is 45.6. The monoisotopic (exact) mass is 284 g/mol. The number of rotatable bonds is 5. The summed E-state index contributed by atoms with van der Waals surface area (Å²) in [4.78, 5) is 4.08. The van der Waals surface area contributed by atoms with Gasteiger partial charge in [0.05, 0.1) is 23.2 Å². The highest BCUT2D eigenvalue weighted by molar-refractivity contribution is 5.92. The number of fused-ring (bicyclic) bond motifs is 1. The first-order valence-electron chi connectivity index (χ1n) is 6.28. The third-order valence-corrected chi connectivity index (χ3v) is 2.84.